The maximum Gasteiger partial charge on any atom is 0.387 e. The smallest absolute Gasteiger partial charge is 0.387 e. The number of nitrogens with zero attached hydrogens (tertiary/aromatic N) is 1. The number of likely N-dealkylation sites (tertiary alicyclic amines) is 1. The van der Waals surface area contributed by atoms with Gasteiger partial charge in [0.25, 0.3) is 0 Å². The van der Waals surface area contributed by atoms with Crippen molar-refractivity contribution < 1.29 is 23.4 Å². The Bertz CT molecular complexity index is 536. The van der Waals surface area contributed by atoms with E-state index in [9.17, 15) is 13.9 Å². The van der Waals surface area contributed by atoms with Gasteiger partial charge in [-0.25, -0.2) is 0 Å². The van der Waals surface area contributed by atoms with Gasteiger partial charge in [0.1, 0.15) is 0 Å². The second-order valence-electron chi connectivity index (χ2n) is 5.67. The quantitative estimate of drug-likeness (QED) is 0.925. The molecule has 1 aromatic carbocycles. The molecule has 6 heteroatoms. The molecule has 4 nitrogen and oxygen atoms in total. The number of halogens is 2. The fourth-order valence-electron chi connectivity index (χ4n) is 2.96. The molecular weight excluding hydrogens is 304 g/mol. The Balaban J connectivity index is 0.000000167. The fourth-order valence-corrected chi connectivity index (χ4v) is 2.96. The van der Waals surface area contributed by atoms with E-state index in [0.717, 1.165) is 12.3 Å². The van der Waals surface area contributed by atoms with Gasteiger partial charge in [-0.1, -0.05) is 12.1 Å². The molecule has 1 aromatic rings. The Kier molecular flexibility index (Phi) is 6.21. The number of allylic oxidation sites excluding steroid dienone is 1. The Morgan fingerprint density at radius 2 is 1.87 bits per heavy atom. The number of methoxy groups -OCH3 is 1. The van der Waals surface area contributed by atoms with E-state index in [1.54, 1.807) is 18.2 Å². The van der Waals surface area contributed by atoms with E-state index in [4.69, 9.17) is 4.74 Å². The van der Waals surface area contributed by atoms with Crippen LogP contribution in [0.3, 0.4) is 0 Å². The molecule has 128 valence electrons. The lowest BCUT2D eigenvalue weighted by atomic mass is 9.91. The average molecular weight is 327 g/mol. The summed E-state index contributed by atoms with van der Waals surface area (Å²) in [6.07, 6.45) is 5.28. The minimum Gasteiger partial charge on any atom is -0.493 e. The zero-order valence-electron chi connectivity index (χ0n) is 13.4. The van der Waals surface area contributed by atoms with E-state index in [2.05, 4.69) is 16.7 Å². The SMILES string of the molecule is CN1CCC2CCC(O)C=C21.COc1ccccc1OC(F)F. The molecule has 0 spiro atoms. The molecule has 0 bridgehead atoms. The van der Waals surface area contributed by atoms with Gasteiger partial charge >= 0.3 is 6.61 Å². The van der Waals surface area contributed by atoms with E-state index in [-0.39, 0.29) is 11.9 Å². The molecule has 1 saturated heterocycles. The Morgan fingerprint density at radius 3 is 2.52 bits per heavy atom. The minimum absolute atomic E-state index is 0.0509. The van der Waals surface area contributed by atoms with Crippen LogP contribution >= 0.6 is 0 Å². The van der Waals surface area contributed by atoms with E-state index >= 15 is 0 Å². The van der Waals surface area contributed by atoms with Gasteiger partial charge in [-0.3, -0.25) is 0 Å². The molecule has 2 atom stereocenters. The molecule has 1 fully saturated rings. The van der Waals surface area contributed by atoms with Crippen molar-refractivity contribution >= 4 is 0 Å². The summed E-state index contributed by atoms with van der Waals surface area (Å²) < 4.78 is 32.5. The number of para-hydroxylation sites is 2. The Labute approximate surface area is 135 Å². The van der Waals surface area contributed by atoms with Crippen LogP contribution in [-0.2, 0) is 0 Å². The predicted molar refractivity (Wildman–Crippen MR) is 83.7 cm³/mol. The van der Waals surface area contributed by atoms with Crippen molar-refractivity contribution in [1.29, 1.82) is 0 Å². The van der Waals surface area contributed by atoms with Crippen LogP contribution in [0.2, 0.25) is 0 Å². The first-order chi connectivity index (χ1) is 11.0. The highest BCUT2D eigenvalue weighted by atomic mass is 19.3. The predicted octanol–water partition coefficient (Wildman–Crippen LogP) is 3.27. The lowest BCUT2D eigenvalue weighted by Gasteiger charge is -2.24. The maximum atomic E-state index is 11.8. The van der Waals surface area contributed by atoms with Crippen molar-refractivity contribution in [3.8, 4) is 11.5 Å². The molecule has 2 aliphatic rings. The monoisotopic (exact) mass is 327 g/mol. The summed E-state index contributed by atoms with van der Waals surface area (Å²) in [6.45, 7) is -1.65. The number of benzene rings is 1. The van der Waals surface area contributed by atoms with Gasteiger partial charge in [-0.15, -0.1) is 0 Å². The van der Waals surface area contributed by atoms with Crippen LogP contribution in [0.4, 0.5) is 8.78 Å². The highest BCUT2D eigenvalue weighted by Gasteiger charge is 2.29. The summed E-state index contributed by atoms with van der Waals surface area (Å²) in [7, 11) is 3.51. The molecule has 2 unspecified atom stereocenters. The third-order valence-corrected chi connectivity index (χ3v) is 4.13. The van der Waals surface area contributed by atoms with Gasteiger partial charge in [0, 0.05) is 25.2 Å². The largest absolute Gasteiger partial charge is 0.493 e. The normalized spacial score (nSPS) is 22.9. The molecule has 1 aliphatic heterocycles. The number of rotatable bonds is 3. The van der Waals surface area contributed by atoms with Crippen molar-refractivity contribution in [1.82, 2.24) is 4.90 Å². The topological polar surface area (TPSA) is 41.9 Å². The van der Waals surface area contributed by atoms with Crippen molar-refractivity contribution in [3.63, 3.8) is 0 Å². The maximum absolute atomic E-state index is 11.8. The van der Waals surface area contributed by atoms with Crippen molar-refractivity contribution in [2.24, 2.45) is 5.92 Å². The number of alkyl halides is 2. The first-order valence-electron chi connectivity index (χ1n) is 7.70. The van der Waals surface area contributed by atoms with Crippen molar-refractivity contribution in [2.45, 2.75) is 32.0 Å². The van der Waals surface area contributed by atoms with Crippen LogP contribution in [0.5, 0.6) is 11.5 Å². The zero-order chi connectivity index (χ0) is 16.8. The molecule has 1 aliphatic carbocycles. The van der Waals surface area contributed by atoms with Crippen LogP contribution in [0.25, 0.3) is 0 Å². The minimum atomic E-state index is -2.82. The molecule has 0 radical (unpaired) electrons. The lowest BCUT2D eigenvalue weighted by molar-refractivity contribution is -0.0512. The van der Waals surface area contributed by atoms with E-state index in [1.165, 1.54) is 38.3 Å². The second kappa shape index (κ2) is 8.15. The first kappa shape index (κ1) is 17.5. The highest BCUT2D eigenvalue weighted by Crippen LogP contribution is 2.34. The lowest BCUT2D eigenvalue weighted by Crippen LogP contribution is -2.20. The molecule has 1 heterocycles. The standard InChI is InChI=1S/C9H15NO.C8H8F2O2/c1-10-5-4-7-2-3-8(11)6-9(7)10;1-11-6-4-2-3-5-7(6)12-8(9)10/h6-8,11H,2-5H2,1H3;2-5,8H,1H3. The first-order valence-corrected chi connectivity index (χ1v) is 7.70. The highest BCUT2D eigenvalue weighted by molar-refractivity contribution is 5.39. The summed E-state index contributed by atoms with van der Waals surface area (Å²) >= 11 is 0. The second-order valence-corrected chi connectivity index (χ2v) is 5.67. The molecule has 0 amide bonds. The number of fused-ring (bicyclic) bond motifs is 1. The summed E-state index contributed by atoms with van der Waals surface area (Å²) in [5.41, 5.74) is 1.38. The Morgan fingerprint density at radius 1 is 1.17 bits per heavy atom. The van der Waals surface area contributed by atoms with Crippen LogP contribution in [0, 0.1) is 5.92 Å². The molecular formula is C17H23F2NO3. The number of ether oxygens (including phenoxy) is 2. The average Bonchev–Trinajstić information content (AvgIpc) is 2.89. The van der Waals surface area contributed by atoms with Crippen LogP contribution < -0.4 is 9.47 Å². The van der Waals surface area contributed by atoms with Gasteiger partial charge in [-0.2, -0.15) is 8.78 Å². The summed E-state index contributed by atoms with van der Waals surface area (Å²) in [5, 5.41) is 9.37. The molecule has 1 N–H and O–H groups in total. The molecule has 3 rings (SSSR count). The molecule has 23 heavy (non-hydrogen) atoms. The van der Waals surface area contributed by atoms with Crippen LogP contribution in [-0.4, -0.2) is 43.4 Å². The summed E-state index contributed by atoms with van der Waals surface area (Å²) in [4.78, 5) is 2.27. The van der Waals surface area contributed by atoms with Gasteiger partial charge in [-0.05, 0) is 37.5 Å². The molecule has 0 aromatic heterocycles. The Hall–Kier alpha value is -1.82. The summed E-state index contributed by atoms with van der Waals surface area (Å²) in [6, 6.07) is 6.25. The number of hydrogen-bond acceptors (Lipinski definition) is 4. The third-order valence-electron chi connectivity index (χ3n) is 4.13. The third kappa shape index (κ3) is 4.82. The van der Waals surface area contributed by atoms with Gasteiger partial charge < -0.3 is 19.5 Å². The number of aliphatic hydroxyl groups excluding tert-OH is 1. The van der Waals surface area contributed by atoms with E-state index in [0.29, 0.717) is 5.75 Å². The zero-order valence-corrected chi connectivity index (χ0v) is 13.4. The van der Waals surface area contributed by atoms with Gasteiger partial charge in [0.2, 0.25) is 0 Å². The van der Waals surface area contributed by atoms with Gasteiger partial charge in [0.15, 0.2) is 11.5 Å². The fraction of sp³-hybridized carbons (Fsp3) is 0.529. The number of hydrogen-bond donors (Lipinski definition) is 1. The van der Waals surface area contributed by atoms with E-state index in [1.807, 2.05) is 6.08 Å². The molecule has 0 saturated carbocycles. The van der Waals surface area contributed by atoms with Crippen molar-refractivity contribution in [2.75, 3.05) is 20.7 Å². The van der Waals surface area contributed by atoms with Crippen LogP contribution in [0.1, 0.15) is 19.3 Å². The number of aliphatic hydroxyl groups is 1. The van der Waals surface area contributed by atoms with Gasteiger partial charge in [0.05, 0.1) is 13.2 Å². The van der Waals surface area contributed by atoms with Crippen molar-refractivity contribution in [3.05, 3.63) is 36.0 Å². The summed E-state index contributed by atoms with van der Waals surface area (Å²) in [5.74, 6) is 1.11. The van der Waals surface area contributed by atoms with Crippen LogP contribution in [0.15, 0.2) is 36.0 Å². The van der Waals surface area contributed by atoms with E-state index < -0.39 is 6.61 Å².